The van der Waals surface area contributed by atoms with Crippen LogP contribution in [0.2, 0.25) is 0 Å². The van der Waals surface area contributed by atoms with Crippen LogP contribution in [0.3, 0.4) is 0 Å². The Morgan fingerprint density at radius 1 is 1.50 bits per heavy atom. The van der Waals surface area contributed by atoms with Crippen molar-refractivity contribution in [2.45, 2.75) is 6.42 Å². The molecular weight excluding hydrogens is 234 g/mol. The van der Waals surface area contributed by atoms with Crippen molar-refractivity contribution in [3.05, 3.63) is 36.2 Å². The van der Waals surface area contributed by atoms with E-state index in [1.54, 1.807) is 12.4 Å². The Morgan fingerprint density at radius 3 is 2.89 bits per heavy atom. The molecule has 7 heteroatoms. The maximum Gasteiger partial charge on any atom is 0.354 e. The molecule has 0 aliphatic carbocycles. The Morgan fingerprint density at radius 2 is 2.33 bits per heavy atom. The molecule has 18 heavy (non-hydrogen) atoms. The van der Waals surface area contributed by atoms with Gasteiger partial charge in [0.2, 0.25) is 0 Å². The van der Waals surface area contributed by atoms with Crippen LogP contribution in [0, 0.1) is 0 Å². The van der Waals surface area contributed by atoms with E-state index < -0.39 is 5.97 Å². The number of carboxylic acids is 1. The lowest BCUT2D eigenvalue weighted by molar-refractivity contribution is 0.0690. The van der Waals surface area contributed by atoms with Gasteiger partial charge in [0.05, 0.1) is 11.9 Å². The fraction of sp³-hybridized carbons (Fsp3) is 0.273. The minimum Gasteiger partial charge on any atom is -0.477 e. The molecule has 0 unspecified atom stereocenters. The fourth-order valence-electron chi connectivity index (χ4n) is 1.48. The summed E-state index contributed by atoms with van der Waals surface area (Å²) in [7, 11) is 1.89. The molecule has 2 aromatic rings. The van der Waals surface area contributed by atoms with Crippen LogP contribution >= 0.6 is 0 Å². The fourth-order valence-corrected chi connectivity index (χ4v) is 1.48. The molecule has 0 amide bonds. The van der Waals surface area contributed by atoms with Gasteiger partial charge in [0, 0.05) is 20.0 Å². The van der Waals surface area contributed by atoms with Crippen molar-refractivity contribution in [1.82, 2.24) is 19.7 Å². The Labute approximate surface area is 104 Å². The molecule has 94 valence electrons. The molecule has 0 radical (unpaired) electrons. The summed E-state index contributed by atoms with van der Waals surface area (Å²) in [4.78, 5) is 14.4. The van der Waals surface area contributed by atoms with Gasteiger partial charge in [0.25, 0.3) is 0 Å². The summed E-state index contributed by atoms with van der Waals surface area (Å²) in [6, 6.07) is 3.15. The quantitative estimate of drug-likeness (QED) is 0.802. The highest BCUT2D eigenvalue weighted by atomic mass is 16.4. The number of aromatic nitrogens is 4. The van der Waals surface area contributed by atoms with Gasteiger partial charge >= 0.3 is 5.97 Å². The van der Waals surface area contributed by atoms with E-state index in [2.05, 4.69) is 20.5 Å². The lowest BCUT2D eigenvalue weighted by atomic mass is 10.3. The highest BCUT2D eigenvalue weighted by Crippen LogP contribution is 2.06. The van der Waals surface area contributed by atoms with Crippen LogP contribution in [0.25, 0.3) is 0 Å². The van der Waals surface area contributed by atoms with Gasteiger partial charge in [-0.15, -0.1) is 10.2 Å². The van der Waals surface area contributed by atoms with Crippen LogP contribution in [0.1, 0.15) is 16.3 Å². The Balaban J connectivity index is 1.87. The van der Waals surface area contributed by atoms with Crippen molar-refractivity contribution >= 4 is 11.7 Å². The number of hydrogen-bond donors (Lipinski definition) is 2. The van der Waals surface area contributed by atoms with E-state index in [4.69, 9.17) is 5.11 Å². The van der Waals surface area contributed by atoms with Gasteiger partial charge in [0.15, 0.2) is 0 Å². The maximum atomic E-state index is 10.6. The molecule has 2 N–H and O–H groups in total. The molecule has 7 nitrogen and oxygen atoms in total. The minimum absolute atomic E-state index is 0.0360. The number of nitrogens with one attached hydrogen (secondary N) is 1. The zero-order valence-electron chi connectivity index (χ0n) is 9.87. The van der Waals surface area contributed by atoms with E-state index in [9.17, 15) is 4.79 Å². The number of rotatable bonds is 5. The van der Waals surface area contributed by atoms with Gasteiger partial charge in [-0.1, -0.05) is 0 Å². The summed E-state index contributed by atoms with van der Waals surface area (Å²) in [5.74, 6) is -0.141. The number of anilines is 1. The number of carboxylic acid groups (broad SMARTS) is 1. The van der Waals surface area contributed by atoms with Crippen LogP contribution in [-0.2, 0) is 13.5 Å². The van der Waals surface area contributed by atoms with E-state index >= 15 is 0 Å². The smallest absolute Gasteiger partial charge is 0.354 e. The number of carbonyl (C=O) groups is 1. The molecular formula is C11H13N5O2. The van der Waals surface area contributed by atoms with Crippen molar-refractivity contribution in [1.29, 1.82) is 0 Å². The second kappa shape index (κ2) is 5.26. The molecule has 0 aliphatic rings. The largest absolute Gasteiger partial charge is 0.477 e. The lowest BCUT2D eigenvalue weighted by Gasteiger charge is -2.05. The normalized spacial score (nSPS) is 10.3. The standard InChI is InChI=1S/C11H13N5O2/c1-16-7-14-15-10(16)4-5-12-8-2-3-9(11(17)18)13-6-8/h2-3,6-7,12H,4-5H2,1H3,(H,17,18). The zero-order chi connectivity index (χ0) is 13.0. The van der Waals surface area contributed by atoms with Crippen molar-refractivity contribution in [3.63, 3.8) is 0 Å². The first-order valence-corrected chi connectivity index (χ1v) is 5.43. The lowest BCUT2D eigenvalue weighted by Crippen LogP contribution is -2.09. The summed E-state index contributed by atoms with van der Waals surface area (Å²) in [5, 5.41) is 19.6. The Bertz CT molecular complexity index is 535. The molecule has 0 aromatic carbocycles. The van der Waals surface area contributed by atoms with Crippen molar-refractivity contribution < 1.29 is 9.90 Å². The molecule has 0 bridgehead atoms. The van der Waals surface area contributed by atoms with Crippen molar-refractivity contribution in [3.8, 4) is 0 Å². The van der Waals surface area contributed by atoms with Gasteiger partial charge in [-0.2, -0.15) is 0 Å². The summed E-state index contributed by atoms with van der Waals surface area (Å²) in [6.07, 6.45) is 3.88. The van der Waals surface area contributed by atoms with Gasteiger partial charge in [-0.05, 0) is 12.1 Å². The summed E-state index contributed by atoms with van der Waals surface area (Å²) >= 11 is 0. The van der Waals surface area contributed by atoms with Crippen molar-refractivity contribution in [2.75, 3.05) is 11.9 Å². The van der Waals surface area contributed by atoms with Crippen LogP contribution in [0.5, 0.6) is 0 Å². The van der Waals surface area contributed by atoms with Crippen LogP contribution < -0.4 is 5.32 Å². The van der Waals surface area contributed by atoms with Gasteiger partial charge in [-0.25, -0.2) is 9.78 Å². The highest BCUT2D eigenvalue weighted by molar-refractivity contribution is 5.85. The molecule has 0 spiro atoms. The third-order valence-electron chi connectivity index (χ3n) is 2.47. The van der Waals surface area contributed by atoms with E-state index in [0.717, 1.165) is 17.9 Å². The number of aromatic carboxylic acids is 1. The molecule has 0 atom stereocenters. The van der Waals surface area contributed by atoms with E-state index in [0.29, 0.717) is 6.54 Å². The van der Waals surface area contributed by atoms with E-state index in [1.807, 2.05) is 11.6 Å². The average Bonchev–Trinajstić information content (AvgIpc) is 2.76. The number of aryl methyl sites for hydroxylation is 1. The maximum absolute atomic E-state index is 10.6. The minimum atomic E-state index is -1.03. The SMILES string of the molecule is Cn1cnnc1CCNc1ccc(C(=O)O)nc1. The second-order valence-corrected chi connectivity index (χ2v) is 3.77. The predicted octanol–water partition coefficient (Wildman–Crippen LogP) is 0.563. The summed E-state index contributed by atoms with van der Waals surface area (Å²) in [5.41, 5.74) is 0.816. The summed E-state index contributed by atoms with van der Waals surface area (Å²) in [6.45, 7) is 0.681. The molecule has 2 aromatic heterocycles. The van der Waals surface area contributed by atoms with Crippen LogP contribution in [0.15, 0.2) is 24.7 Å². The molecule has 0 fully saturated rings. The van der Waals surface area contributed by atoms with Gasteiger partial charge in [0.1, 0.15) is 17.8 Å². The second-order valence-electron chi connectivity index (χ2n) is 3.77. The predicted molar refractivity (Wildman–Crippen MR) is 64.4 cm³/mol. The average molecular weight is 247 g/mol. The van der Waals surface area contributed by atoms with E-state index in [1.165, 1.54) is 12.3 Å². The molecule has 0 saturated carbocycles. The molecule has 2 heterocycles. The third-order valence-corrected chi connectivity index (χ3v) is 2.47. The van der Waals surface area contributed by atoms with Crippen LogP contribution in [0.4, 0.5) is 5.69 Å². The number of hydrogen-bond acceptors (Lipinski definition) is 5. The first-order valence-electron chi connectivity index (χ1n) is 5.43. The van der Waals surface area contributed by atoms with Crippen LogP contribution in [-0.4, -0.2) is 37.4 Å². The molecule has 0 saturated heterocycles. The Kier molecular flexibility index (Phi) is 3.52. The highest BCUT2D eigenvalue weighted by Gasteiger charge is 2.04. The summed E-state index contributed by atoms with van der Waals surface area (Å²) < 4.78 is 1.85. The number of pyridine rings is 1. The molecule has 0 aliphatic heterocycles. The zero-order valence-corrected chi connectivity index (χ0v) is 9.87. The molecule has 2 rings (SSSR count). The first kappa shape index (κ1) is 12.0. The monoisotopic (exact) mass is 247 g/mol. The Hall–Kier alpha value is -2.44. The third kappa shape index (κ3) is 2.82. The first-order chi connectivity index (χ1) is 8.66. The number of nitrogens with zero attached hydrogens (tertiary/aromatic N) is 4. The van der Waals surface area contributed by atoms with Gasteiger partial charge in [-0.3, -0.25) is 0 Å². The topological polar surface area (TPSA) is 92.9 Å². The van der Waals surface area contributed by atoms with Gasteiger partial charge < -0.3 is 15.0 Å². The van der Waals surface area contributed by atoms with E-state index in [-0.39, 0.29) is 5.69 Å². The van der Waals surface area contributed by atoms with Crippen molar-refractivity contribution in [2.24, 2.45) is 7.05 Å².